The van der Waals surface area contributed by atoms with E-state index in [2.05, 4.69) is 177 Å². The van der Waals surface area contributed by atoms with E-state index in [1.807, 2.05) is 190 Å². The summed E-state index contributed by atoms with van der Waals surface area (Å²) in [4.78, 5) is 125. The van der Waals surface area contributed by atoms with Crippen molar-refractivity contribution in [2.45, 2.75) is 365 Å². The molecule has 0 saturated heterocycles. The van der Waals surface area contributed by atoms with E-state index in [-0.39, 0.29) is 75.0 Å². The number of rotatable bonds is 24. The minimum absolute atomic E-state index is 0.0549. The molecule has 0 unspecified atom stereocenters. The van der Waals surface area contributed by atoms with Crippen molar-refractivity contribution >= 4 is 47.8 Å². The average molecular weight is 1750 g/mol. The lowest BCUT2D eigenvalue weighted by Gasteiger charge is -2.34. The van der Waals surface area contributed by atoms with Gasteiger partial charge in [0.15, 0.2) is 0 Å². The normalized spacial score (nSPS) is 15.3. The monoisotopic (exact) mass is 1750 g/mol. The molecule has 9 rings (SSSR count). The molecule has 0 saturated carbocycles. The molecule has 1 aliphatic carbocycles. The van der Waals surface area contributed by atoms with Gasteiger partial charge in [-0.3, -0.25) is 38.4 Å². The van der Waals surface area contributed by atoms with Crippen molar-refractivity contribution in [3.05, 3.63) is 279 Å². The Bertz CT molecular complexity index is 4460. The van der Waals surface area contributed by atoms with E-state index in [4.69, 9.17) is 37.9 Å². The molecule has 0 amide bonds. The minimum atomic E-state index is -1.02. The van der Waals surface area contributed by atoms with E-state index < -0.39 is 116 Å². The zero-order chi connectivity index (χ0) is 95.4. The predicted octanol–water partition coefficient (Wildman–Crippen LogP) is 24.3. The number of benzene rings is 8. The third kappa shape index (κ3) is 28.8. The number of ether oxygens (including phenoxy) is 8. The molecule has 128 heavy (non-hydrogen) atoms. The summed E-state index contributed by atoms with van der Waals surface area (Å²) in [6, 6.07) is 49.4. The topological polar surface area (TPSA) is 210 Å². The summed E-state index contributed by atoms with van der Waals surface area (Å²) in [5, 5.41) is 0. The van der Waals surface area contributed by atoms with Gasteiger partial charge in [-0.05, 0) is 323 Å². The van der Waals surface area contributed by atoms with Gasteiger partial charge in [-0.1, -0.05) is 201 Å². The molecule has 1 aliphatic rings. The number of carbonyl (C=O) groups is 8. The van der Waals surface area contributed by atoms with Crippen molar-refractivity contribution < 1.29 is 76.3 Å². The van der Waals surface area contributed by atoms with Gasteiger partial charge in [-0.2, -0.15) is 0 Å². The highest BCUT2D eigenvalue weighted by Gasteiger charge is 2.40. The lowest BCUT2D eigenvalue weighted by atomic mass is 9.70. The maximum Gasteiger partial charge on any atom is 0.310 e. The van der Waals surface area contributed by atoms with Crippen LogP contribution in [0.3, 0.4) is 0 Å². The number of fused-ring (bicyclic) bond motifs is 8. The lowest BCUT2D eigenvalue weighted by molar-refractivity contribution is -0.155. The van der Waals surface area contributed by atoms with Gasteiger partial charge in [0.05, 0.1) is 51.4 Å². The molecule has 16 heteroatoms. The molecule has 8 aromatic carbocycles. The number of esters is 8. The Hall–Kier alpha value is -10.5. The molecule has 0 aromatic heterocycles. The van der Waals surface area contributed by atoms with Crippen molar-refractivity contribution in [1.29, 1.82) is 0 Å². The van der Waals surface area contributed by atoms with Crippen LogP contribution < -0.4 is 0 Å². The van der Waals surface area contributed by atoms with Gasteiger partial charge in [0.1, 0.15) is 44.8 Å². The van der Waals surface area contributed by atoms with Crippen LogP contribution in [0.4, 0.5) is 0 Å². The average Bonchev–Trinajstić information content (AvgIpc) is 0.746. The van der Waals surface area contributed by atoms with Crippen LogP contribution in [0, 0.1) is 0 Å². The summed E-state index contributed by atoms with van der Waals surface area (Å²) < 4.78 is 51.4. The summed E-state index contributed by atoms with van der Waals surface area (Å²) in [6.07, 6.45) is -2.81. The van der Waals surface area contributed by atoms with Crippen LogP contribution in [0.15, 0.2) is 146 Å². The molecule has 16 nitrogen and oxygen atoms in total. The molecule has 0 radical (unpaired) electrons. The van der Waals surface area contributed by atoms with Crippen LogP contribution in [0.1, 0.15) is 402 Å². The van der Waals surface area contributed by atoms with E-state index in [0.717, 1.165) is 22.3 Å². The Morgan fingerprint density at radius 2 is 0.305 bits per heavy atom. The summed E-state index contributed by atoms with van der Waals surface area (Å²) in [5.41, 5.74) is 7.02. The van der Waals surface area contributed by atoms with Crippen molar-refractivity contribution in [3.63, 3.8) is 0 Å². The SMILES string of the molecule is CC(C)c1ccc(C2c3cc(c(CC(=O)OC(C)(C)C)cc3CC(=O)OC(C)(C)C)C(c3ccc(C(C)C)cc3)c3cc(c(CC(=O)OC(C)(C)C)cc3CC(=O)OC(C)(C)C)C(c3ccc(C(C)C)cc3)c3cc(c(CC(=O)OC(C)(C)C)cc3CC(=O)OC(C)(C)C)C(c3ccc(C(C)C)cc3)c3cc2c(CC(=O)OC(C)(C)C)cc3CC(=O)OC(C)(C)C)cc1. The molecule has 8 bridgehead atoms. The third-order valence-electron chi connectivity index (χ3n) is 21.9. The quantitative estimate of drug-likeness (QED) is 0.0407. The van der Waals surface area contributed by atoms with Crippen LogP contribution in [0.25, 0.3) is 0 Å². The van der Waals surface area contributed by atoms with Crippen molar-refractivity contribution in [3.8, 4) is 0 Å². The lowest BCUT2D eigenvalue weighted by Crippen LogP contribution is -2.28. The molecular formula is C112H144O16. The van der Waals surface area contributed by atoms with E-state index in [1.54, 1.807) is 0 Å². The Kier molecular flexibility index (Phi) is 31.5. The van der Waals surface area contributed by atoms with Gasteiger partial charge < -0.3 is 37.9 Å². The van der Waals surface area contributed by atoms with E-state index >= 15 is 38.4 Å². The molecule has 0 atom stereocenters. The number of hydrogen-bond donors (Lipinski definition) is 0. The van der Waals surface area contributed by atoms with Crippen LogP contribution in [-0.2, 0) is 128 Å². The van der Waals surface area contributed by atoms with E-state index in [9.17, 15) is 0 Å². The van der Waals surface area contributed by atoms with Gasteiger partial charge in [-0.15, -0.1) is 0 Å². The van der Waals surface area contributed by atoms with Gasteiger partial charge in [-0.25, -0.2) is 0 Å². The number of carbonyl (C=O) groups excluding carboxylic acids is 8. The Morgan fingerprint density at radius 1 is 0.195 bits per heavy atom. The van der Waals surface area contributed by atoms with Crippen LogP contribution in [0.2, 0.25) is 0 Å². The second kappa shape index (κ2) is 39.9. The maximum atomic E-state index is 15.6. The largest absolute Gasteiger partial charge is 0.460 e. The second-order valence-corrected chi connectivity index (χ2v) is 44.1. The molecular weight excluding hydrogens is 1600 g/mol. The summed E-state index contributed by atoms with van der Waals surface area (Å²) >= 11 is 0. The predicted molar refractivity (Wildman–Crippen MR) is 508 cm³/mol. The van der Waals surface area contributed by atoms with Gasteiger partial charge >= 0.3 is 47.8 Å². The third-order valence-corrected chi connectivity index (χ3v) is 21.9. The molecule has 0 spiro atoms. The molecule has 688 valence electrons. The number of hydrogen-bond acceptors (Lipinski definition) is 16. The molecule has 0 N–H and O–H groups in total. The zero-order valence-electron chi connectivity index (χ0n) is 82.7. The van der Waals surface area contributed by atoms with E-state index in [1.165, 1.54) is 0 Å². The summed E-state index contributed by atoms with van der Waals surface area (Å²) in [5.74, 6) is -8.52. The fraction of sp³-hybridized carbons (Fsp3) is 0.500. The smallest absolute Gasteiger partial charge is 0.310 e. The fourth-order valence-corrected chi connectivity index (χ4v) is 17.0. The highest BCUT2D eigenvalue weighted by molar-refractivity contribution is 5.83. The minimum Gasteiger partial charge on any atom is -0.460 e. The first-order valence-corrected chi connectivity index (χ1v) is 45.7. The Balaban J connectivity index is 1.78. The van der Waals surface area contributed by atoms with Crippen LogP contribution >= 0.6 is 0 Å². The first kappa shape index (κ1) is 101. The zero-order valence-corrected chi connectivity index (χ0v) is 82.7. The highest BCUT2D eigenvalue weighted by Crippen LogP contribution is 2.51. The standard InChI is InChI=1S/C112H144O16/c1-65(2)69-33-41-73(42-34-69)101-85-61-87(79(55-95(115)123-107(15,16)17)49-77(85)53-93(113)121-105(9,10)11)102(74-43-35-70(36-44-74)66(3)4)89-63-91(83(59-99(119)127-111(27,28)29)51-81(89)57-97(117)125-109(21,22)23)104(76-47-39-72(40-48-76)68(7)8)92-64-90(82(58-98(118)126-110(24,25)26)52-84(92)60-100(120)128-112(30,31)32)103(75-45-37-71(38-46-75)67(5)6)88-62-86(101)78(54-94(114)122-106(12,13)14)50-80(88)56-96(116)124-108(18,19)20/h33-52,61-68,101-104H,53-60H2,1-32H3. The van der Waals surface area contributed by atoms with Crippen molar-refractivity contribution in [1.82, 2.24) is 0 Å². The first-order chi connectivity index (χ1) is 58.9. The van der Waals surface area contributed by atoms with Gasteiger partial charge in [0.25, 0.3) is 0 Å². The molecule has 0 heterocycles. The summed E-state index contributed by atoms with van der Waals surface area (Å²) in [6.45, 7) is 60.4. The van der Waals surface area contributed by atoms with Crippen LogP contribution in [-0.4, -0.2) is 92.6 Å². The van der Waals surface area contributed by atoms with Gasteiger partial charge in [0, 0.05) is 23.7 Å². The van der Waals surface area contributed by atoms with Crippen molar-refractivity contribution in [2.24, 2.45) is 0 Å². The second-order valence-electron chi connectivity index (χ2n) is 44.1. The Morgan fingerprint density at radius 3 is 0.398 bits per heavy atom. The molecule has 8 aromatic rings. The van der Waals surface area contributed by atoms with Crippen LogP contribution in [0.5, 0.6) is 0 Å². The van der Waals surface area contributed by atoms with Crippen molar-refractivity contribution in [2.75, 3.05) is 0 Å². The first-order valence-electron chi connectivity index (χ1n) is 45.7. The summed E-state index contributed by atoms with van der Waals surface area (Å²) in [7, 11) is 0. The highest BCUT2D eigenvalue weighted by atomic mass is 16.6. The maximum absolute atomic E-state index is 15.6. The van der Waals surface area contributed by atoms with E-state index in [0.29, 0.717) is 111 Å². The Labute approximate surface area is 763 Å². The van der Waals surface area contributed by atoms with Gasteiger partial charge in [0.2, 0.25) is 0 Å². The fourth-order valence-electron chi connectivity index (χ4n) is 17.0. The molecule has 0 aliphatic heterocycles. The molecule has 0 fully saturated rings.